The third-order valence-corrected chi connectivity index (χ3v) is 4.78. The maximum absolute atomic E-state index is 13.0. The zero-order chi connectivity index (χ0) is 20.6. The fraction of sp³-hybridized carbons (Fsp3) is 0.381. The standard InChI is InChI=1S/C21H26FN3O4/c1-28-20-5-3-2-4-19(20)23-21(27)29-15-18(26)14-24-10-12-25(13-11-24)17-8-6-16(22)7-9-17/h2-9,18,26H,10-15H2,1H3,(H,23,27). The number of carbonyl (C=O) groups is 1. The maximum atomic E-state index is 13.0. The van der Waals surface area contributed by atoms with Crippen LogP contribution in [-0.4, -0.2) is 68.6 Å². The summed E-state index contributed by atoms with van der Waals surface area (Å²) in [6.07, 6.45) is -1.43. The van der Waals surface area contributed by atoms with Crippen LogP contribution in [0.25, 0.3) is 0 Å². The van der Waals surface area contributed by atoms with Gasteiger partial charge in [-0.25, -0.2) is 9.18 Å². The van der Waals surface area contributed by atoms with E-state index >= 15 is 0 Å². The number of nitrogens with zero attached hydrogens (tertiary/aromatic N) is 2. The van der Waals surface area contributed by atoms with Crippen LogP contribution < -0.4 is 15.0 Å². The third-order valence-electron chi connectivity index (χ3n) is 4.78. The van der Waals surface area contributed by atoms with Crippen molar-refractivity contribution in [2.75, 3.05) is 56.7 Å². The number of rotatable bonds is 7. The van der Waals surface area contributed by atoms with E-state index in [0.717, 1.165) is 31.9 Å². The lowest BCUT2D eigenvalue weighted by Gasteiger charge is -2.36. The highest BCUT2D eigenvalue weighted by molar-refractivity contribution is 5.86. The number of methoxy groups -OCH3 is 1. The van der Waals surface area contributed by atoms with Gasteiger partial charge in [0.25, 0.3) is 0 Å². The quantitative estimate of drug-likeness (QED) is 0.740. The summed E-state index contributed by atoms with van der Waals surface area (Å²) in [5.74, 6) is 0.286. The monoisotopic (exact) mass is 403 g/mol. The Morgan fingerprint density at radius 3 is 2.52 bits per heavy atom. The Kier molecular flexibility index (Phi) is 7.26. The van der Waals surface area contributed by atoms with Crippen molar-refractivity contribution in [1.29, 1.82) is 0 Å². The van der Waals surface area contributed by atoms with Gasteiger partial charge in [0.15, 0.2) is 0 Å². The molecule has 1 fully saturated rings. The maximum Gasteiger partial charge on any atom is 0.411 e. The van der Waals surface area contributed by atoms with Gasteiger partial charge in [0.1, 0.15) is 24.3 Å². The molecule has 156 valence electrons. The highest BCUT2D eigenvalue weighted by Gasteiger charge is 2.20. The van der Waals surface area contributed by atoms with Gasteiger partial charge in [0.05, 0.1) is 12.8 Å². The van der Waals surface area contributed by atoms with Gasteiger partial charge in [0.2, 0.25) is 0 Å². The van der Waals surface area contributed by atoms with E-state index in [1.165, 1.54) is 19.2 Å². The summed E-state index contributed by atoms with van der Waals surface area (Å²) in [6.45, 7) is 3.42. The highest BCUT2D eigenvalue weighted by atomic mass is 19.1. The van der Waals surface area contributed by atoms with Crippen LogP contribution in [0.1, 0.15) is 0 Å². The Balaban J connectivity index is 1.38. The Hall–Kier alpha value is -2.84. The van der Waals surface area contributed by atoms with Crippen LogP contribution in [0.5, 0.6) is 5.75 Å². The lowest BCUT2D eigenvalue weighted by molar-refractivity contribution is 0.0469. The van der Waals surface area contributed by atoms with Gasteiger partial charge in [0, 0.05) is 38.4 Å². The first-order chi connectivity index (χ1) is 14.0. The van der Waals surface area contributed by atoms with Crippen LogP contribution in [0, 0.1) is 5.82 Å². The second-order valence-electron chi connectivity index (χ2n) is 6.84. The molecule has 2 aromatic carbocycles. The van der Waals surface area contributed by atoms with Crippen LogP contribution in [-0.2, 0) is 4.74 Å². The van der Waals surface area contributed by atoms with Crippen LogP contribution in [0.3, 0.4) is 0 Å². The van der Waals surface area contributed by atoms with E-state index in [1.54, 1.807) is 36.4 Å². The van der Waals surface area contributed by atoms with Gasteiger partial charge in [-0.1, -0.05) is 12.1 Å². The van der Waals surface area contributed by atoms with Crippen LogP contribution in [0.4, 0.5) is 20.6 Å². The first-order valence-electron chi connectivity index (χ1n) is 9.53. The van der Waals surface area contributed by atoms with E-state index in [9.17, 15) is 14.3 Å². The average molecular weight is 403 g/mol. The number of β-amino-alcohol motifs (C(OH)–C–C–N with tert-alkyl or cyclic N) is 1. The fourth-order valence-corrected chi connectivity index (χ4v) is 3.26. The summed E-state index contributed by atoms with van der Waals surface area (Å²) in [5.41, 5.74) is 1.49. The molecule has 1 heterocycles. The molecule has 2 aromatic rings. The van der Waals surface area contributed by atoms with Crippen LogP contribution in [0.2, 0.25) is 0 Å². The van der Waals surface area contributed by atoms with Crippen molar-refractivity contribution in [1.82, 2.24) is 4.90 Å². The number of hydrogen-bond donors (Lipinski definition) is 2. The van der Waals surface area contributed by atoms with E-state index < -0.39 is 12.2 Å². The number of para-hydroxylation sites is 2. The van der Waals surface area contributed by atoms with Crippen LogP contribution >= 0.6 is 0 Å². The molecule has 1 unspecified atom stereocenters. The van der Waals surface area contributed by atoms with Gasteiger partial charge >= 0.3 is 6.09 Å². The molecule has 8 heteroatoms. The number of benzene rings is 2. The molecule has 0 spiro atoms. The summed E-state index contributed by atoms with van der Waals surface area (Å²) in [5, 5.41) is 12.8. The van der Waals surface area contributed by atoms with Crippen molar-refractivity contribution in [3.05, 3.63) is 54.3 Å². The summed E-state index contributed by atoms with van der Waals surface area (Å²) >= 11 is 0. The molecule has 2 N–H and O–H groups in total. The van der Waals surface area contributed by atoms with Crippen LogP contribution in [0.15, 0.2) is 48.5 Å². The Labute approximate surface area is 169 Å². The number of hydrogen-bond acceptors (Lipinski definition) is 6. The Bertz CT molecular complexity index is 795. The van der Waals surface area contributed by atoms with E-state index in [0.29, 0.717) is 18.0 Å². The number of carbonyl (C=O) groups excluding carboxylic acids is 1. The second-order valence-corrected chi connectivity index (χ2v) is 6.84. The van der Waals surface area contributed by atoms with E-state index in [1.807, 2.05) is 0 Å². The van der Waals surface area contributed by atoms with E-state index in [-0.39, 0.29) is 12.4 Å². The lowest BCUT2D eigenvalue weighted by Crippen LogP contribution is -2.49. The molecule has 0 radical (unpaired) electrons. The molecular weight excluding hydrogens is 377 g/mol. The van der Waals surface area contributed by atoms with Gasteiger partial charge in [-0.05, 0) is 36.4 Å². The molecule has 0 aromatic heterocycles. The molecule has 7 nitrogen and oxygen atoms in total. The molecular formula is C21H26FN3O4. The number of halogens is 1. The molecule has 3 rings (SSSR count). The summed E-state index contributed by atoms with van der Waals surface area (Å²) in [4.78, 5) is 16.3. The molecule has 0 bridgehead atoms. The first-order valence-corrected chi connectivity index (χ1v) is 9.53. The minimum absolute atomic E-state index is 0.0981. The van der Waals surface area contributed by atoms with Crippen molar-refractivity contribution in [2.45, 2.75) is 6.10 Å². The highest BCUT2D eigenvalue weighted by Crippen LogP contribution is 2.23. The lowest BCUT2D eigenvalue weighted by atomic mass is 10.2. The Morgan fingerprint density at radius 2 is 1.83 bits per heavy atom. The van der Waals surface area contributed by atoms with Crippen molar-refractivity contribution < 1.29 is 23.8 Å². The topological polar surface area (TPSA) is 74.3 Å². The predicted octanol–water partition coefficient (Wildman–Crippen LogP) is 2.57. The molecule has 1 amide bonds. The number of piperazine rings is 1. The number of nitrogens with one attached hydrogen (secondary N) is 1. The zero-order valence-corrected chi connectivity index (χ0v) is 16.4. The number of ether oxygens (including phenoxy) is 2. The number of anilines is 2. The minimum atomic E-state index is -0.782. The SMILES string of the molecule is COc1ccccc1NC(=O)OCC(O)CN1CCN(c2ccc(F)cc2)CC1. The number of amides is 1. The van der Waals surface area contributed by atoms with E-state index in [2.05, 4.69) is 15.1 Å². The molecule has 0 saturated carbocycles. The average Bonchev–Trinajstić information content (AvgIpc) is 2.74. The predicted molar refractivity (Wildman–Crippen MR) is 109 cm³/mol. The van der Waals surface area contributed by atoms with E-state index in [4.69, 9.17) is 9.47 Å². The zero-order valence-electron chi connectivity index (χ0n) is 16.4. The van der Waals surface area contributed by atoms with Gasteiger partial charge in [-0.3, -0.25) is 10.2 Å². The van der Waals surface area contributed by atoms with Crippen molar-refractivity contribution in [3.63, 3.8) is 0 Å². The summed E-state index contributed by atoms with van der Waals surface area (Å²) in [7, 11) is 1.52. The minimum Gasteiger partial charge on any atom is -0.495 e. The molecule has 1 aliphatic heterocycles. The largest absolute Gasteiger partial charge is 0.495 e. The third kappa shape index (κ3) is 6.07. The smallest absolute Gasteiger partial charge is 0.411 e. The molecule has 0 aliphatic carbocycles. The molecule has 1 aliphatic rings. The summed E-state index contributed by atoms with van der Waals surface area (Å²) < 4.78 is 23.3. The number of aliphatic hydroxyl groups is 1. The van der Waals surface area contributed by atoms with Gasteiger partial charge < -0.3 is 19.5 Å². The number of aliphatic hydroxyl groups excluding tert-OH is 1. The Morgan fingerprint density at radius 1 is 1.14 bits per heavy atom. The second kappa shape index (κ2) is 10.1. The summed E-state index contributed by atoms with van der Waals surface area (Å²) in [6, 6.07) is 13.5. The van der Waals surface area contributed by atoms with Gasteiger partial charge in [-0.15, -0.1) is 0 Å². The van der Waals surface area contributed by atoms with Crippen molar-refractivity contribution >= 4 is 17.5 Å². The first kappa shape index (κ1) is 20.9. The molecule has 1 saturated heterocycles. The molecule has 1 atom stereocenters. The van der Waals surface area contributed by atoms with Gasteiger partial charge in [-0.2, -0.15) is 0 Å². The van der Waals surface area contributed by atoms with Crippen molar-refractivity contribution in [2.24, 2.45) is 0 Å². The van der Waals surface area contributed by atoms with Crippen molar-refractivity contribution in [3.8, 4) is 5.75 Å². The normalized spacial score (nSPS) is 15.6. The fourth-order valence-electron chi connectivity index (χ4n) is 3.26. The molecule has 29 heavy (non-hydrogen) atoms.